The van der Waals surface area contributed by atoms with Crippen LogP contribution in [0.4, 0.5) is 11.4 Å². The van der Waals surface area contributed by atoms with E-state index in [1.165, 1.54) is 31.4 Å². The van der Waals surface area contributed by atoms with Crippen molar-refractivity contribution in [1.29, 1.82) is 0 Å². The Morgan fingerprint density at radius 1 is 0.958 bits per heavy atom. The predicted molar refractivity (Wildman–Crippen MR) is 87.9 cm³/mol. The molecule has 0 bridgehead atoms. The van der Waals surface area contributed by atoms with Crippen molar-refractivity contribution < 1.29 is 24.2 Å². The number of methoxy groups -OCH3 is 1. The third-order valence-corrected chi connectivity index (χ3v) is 3.19. The lowest BCUT2D eigenvalue weighted by atomic mass is 10.1. The molecule has 2 rings (SSSR count). The van der Waals surface area contributed by atoms with Crippen LogP contribution in [0.5, 0.6) is 5.75 Å². The number of aromatic hydroxyl groups is 1. The SMILES string of the molecule is COC(=O)c1ccccc1NC(=O)C(=O)Nc1cc(C)ccc1O. The van der Waals surface area contributed by atoms with Crippen LogP contribution >= 0.6 is 0 Å². The summed E-state index contributed by atoms with van der Waals surface area (Å²) < 4.78 is 4.62. The van der Waals surface area contributed by atoms with Gasteiger partial charge in [-0.25, -0.2) is 4.79 Å². The first-order chi connectivity index (χ1) is 11.4. The quantitative estimate of drug-likeness (QED) is 0.454. The molecule has 0 unspecified atom stereocenters. The maximum absolute atomic E-state index is 12.0. The van der Waals surface area contributed by atoms with Crippen molar-refractivity contribution in [2.45, 2.75) is 6.92 Å². The van der Waals surface area contributed by atoms with Crippen molar-refractivity contribution >= 4 is 29.2 Å². The molecule has 0 atom stereocenters. The van der Waals surface area contributed by atoms with Crippen LogP contribution in [0.15, 0.2) is 42.5 Å². The number of hydrogen-bond acceptors (Lipinski definition) is 5. The Bertz CT molecular complexity index is 801. The molecule has 0 radical (unpaired) electrons. The zero-order valence-corrected chi connectivity index (χ0v) is 13.1. The number of ether oxygens (including phenoxy) is 1. The number of aryl methyl sites for hydroxylation is 1. The normalized spacial score (nSPS) is 9.92. The molecule has 7 heteroatoms. The minimum atomic E-state index is -0.979. The van der Waals surface area contributed by atoms with Gasteiger partial charge in [0.05, 0.1) is 24.0 Å². The number of rotatable bonds is 3. The molecule has 0 saturated carbocycles. The Labute approximate surface area is 138 Å². The zero-order valence-electron chi connectivity index (χ0n) is 13.1. The summed E-state index contributed by atoms with van der Waals surface area (Å²) in [6.45, 7) is 1.78. The van der Waals surface area contributed by atoms with E-state index in [1.54, 1.807) is 25.1 Å². The lowest BCUT2D eigenvalue weighted by molar-refractivity contribution is -0.133. The molecule has 0 spiro atoms. The molecule has 124 valence electrons. The number of nitrogens with one attached hydrogen (secondary N) is 2. The fraction of sp³-hybridized carbons (Fsp3) is 0.118. The van der Waals surface area contributed by atoms with Gasteiger partial charge in [0.15, 0.2) is 0 Å². The number of phenolic OH excluding ortho intramolecular Hbond substituents is 1. The van der Waals surface area contributed by atoms with Gasteiger partial charge < -0.3 is 20.5 Å². The molecule has 0 saturated heterocycles. The second kappa shape index (κ2) is 7.28. The largest absolute Gasteiger partial charge is 0.506 e. The van der Waals surface area contributed by atoms with Crippen molar-refractivity contribution in [3.8, 4) is 5.75 Å². The van der Waals surface area contributed by atoms with Crippen LogP contribution in [0, 0.1) is 6.92 Å². The van der Waals surface area contributed by atoms with Gasteiger partial charge in [-0.15, -0.1) is 0 Å². The Balaban J connectivity index is 2.14. The summed E-state index contributed by atoms with van der Waals surface area (Å²) in [5.41, 5.74) is 1.20. The molecule has 0 fully saturated rings. The minimum absolute atomic E-state index is 0.122. The highest BCUT2D eigenvalue weighted by Gasteiger charge is 2.19. The minimum Gasteiger partial charge on any atom is -0.506 e. The molecule has 2 aromatic rings. The number of anilines is 2. The first-order valence-electron chi connectivity index (χ1n) is 7.01. The molecular formula is C17H16N2O5. The van der Waals surface area contributed by atoms with E-state index in [0.29, 0.717) is 0 Å². The lowest BCUT2D eigenvalue weighted by Crippen LogP contribution is -2.29. The second-order valence-electron chi connectivity index (χ2n) is 4.97. The maximum atomic E-state index is 12.0. The zero-order chi connectivity index (χ0) is 17.7. The van der Waals surface area contributed by atoms with E-state index >= 15 is 0 Å². The van der Waals surface area contributed by atoms with Gasteiger partial charge in [-0.3, -0.25) is 9.59 Å². The Morgan fingerprint density at radius 3 is 2.25 bits per heavy atom. The van der Waals surface area contributed by atoms with E-state index in [4.69, 9.17) is 0 Å². The van der Waals surface area contributed by atoms with Crippen LogP contribution in [0.3, 0.4) is 0 Å². The summed E-state index contributed by atoms with van der Waals surface area (Å²) in [6.07, 6.45) is 0. The summed E-state index contributed by atoms with van der Waals surface area (Å²) in [6, 6.07) is 10.8. The van der Waals surface area contributed by atoms with Crippen LogP contribution in [-0.2, 0) is 14.3 Å². The molecule has 0 aliphatic carbocycles. The van der Waals surface area contributed by atoms with Gasteiger partial charge in [0.2, 0.25) is 0 Å². The molecule has 7 nitrogen and oxygen atoms in total. The molecular weight excluding hydrogens is 312 g/mol. The highest BCUT2D eigenvalue weighted by molar-refractivity contribution is 6.44. The lowest BCUT2D eigenvalue weighted by Gasteiger charge is -2.10. The number of amides is 2. The fourth-order valence-corrected chi connectivity index (χ4v) is 1.99. The predicted octanol–water partition coefficient (Wildman–Crippen LogP) is 2.06. The van der Waals surface area contributed by atoms with Crippen molar-refractivity contribution in [3.63, 3.8) is 0 Å². The third-order valence-electron chi connectivity index (χ3n) is 3.19. The van der Waals surface area contributed by atoms with E-state index in [-0.39, 0.29) is 22.7 Å². The average Bonchev–Trinajstić information content (AvgIpc) is 2.57. The Kier molecular flexibility index (Phi) is 5.16. The van der Waals surface area contributed by atoms with E-state index in [9.17, 15) is 19.5 Å². The topological polar surface area (TPSA) is 105 Å². The van der Waals surface area contributed by atoms with Gasteiger partial charge in [-0.2, -0.15) is 0 Å². The van der Waals surface area contributed by atoms with E-state index in [1.807, 2.05) is 0 Å². The van der Waals surface area contributed by atoms with Gasteiger partial charge in [0.1, 0.15) is 5.75 Å². The van der Waals surface area contributed by atoms with Crippen LogP contribution in [-0.4, -0.2) is 30.0 Å². The molecule has 3 N–H and O–H groups in total. The molecule has 2 amide bonds. The van der Waals surface area contributed by atoms with Crippen LogP contribution in [0.2, 0.25) is 0 Å². The number of benzene rings is 2. The number of carbonyl (C=O) groups excluding carboxylic acids is 3. The molecule has 0 aliphatic heterocycles. The summed E-state index contributed by atoms with van der Waals surface area (Å²) in [4.78, 5) is 35.7. The smallest absolute Gasteiger partial charge is 0.339 e. The Morgan fingerprint density at radius 2 is 1.58 bits per heavy atom. The van der Waals surface area contributed by atoms with Gasteiger partial charge in [-0.05, 0) is 36.8 Å². The average molecular weight is 328 g/mol. The highest BCUT2D eigenvalue weighted by Crippen LogP contribution is 2.24. The molecule has 0 aliphatic rings. The molecule has 24 heavy (non-hydrogen) atoms. The number of para-hydroxylation sites is 1. The number of esters is 1. The molecule has 0 heterocycles. The summed E-state index contributed by atoms with van der Waals surface area (Å²) in [5, 5.41) is 14.4. The van der Waals surface area contributed by atoms with E-state index in [0.717, 1.165) is 5.56 Å². The number of phenols is 1. The van der Waals surface area contributed by atoms with Crippen molar-refractivity contribution in [2.75, 3.05) is 17.7 Å². The third kappa shape index (κ3) is 3.89. The van der Waals surface area contributed by atoms with Crippen LogP contribution in [0.1, 0.15) is 15.9 Å². The van der Waals surface area contributed by atoms with Gasteiger partial charge in [0, 0.05) is 0 Å². The van der Waals surface area contributed by atoms with Crippen LogP contribution in [0.25, 0.3) is 0 Å². The van der Waals surface area contributed by atoms with Gasteiger partial charge >= 0.3 is 17.8 Å². The molecule has 0 aromatic heterocycles. The van der Waals surface area contributed by atoms with Gasteiger partial charge in [-0.1, -0.05) is 18.2 Å². The maximum Gasteiger partial charge on any atom is 0.339 e. The standard InChI is InChI=1S/C17H16N2O5/c1-10-7-8-14(20)13(9-10)19-16(22)15(21)18-12-6-4-3-5-11(12)17(23)24-2/h3-9,20H,1-2H3,(H,18,21)(H,19,22). The van der Waals surface area contributed by atoms with Gasteiger partial charge in [0.25, 0.3) is 0 Å². The van der Waals surface area contributed by atoms with Crippen molar-refractivity contribution in [3.05, 3.63) is 53.6 Å². The first-order valence-corrected chi connectivity index (χ1v) is 7.01. The monoisotopic (exact) mass is 328 g/mol. The summed E-state index contributed by atoms with van der Waals surface area (Å²) >= 11 is 0. The van der Waals surface area contributed by atoms with E-state index < -0.39 is 17.8 Å². The summed E-state index contributed by atoms with van der Waals surface area (Å²) in [5.74, 6) is -2.75. The second-order valence-corrected chi connectivity index (χ2v) is 4.97. The van der Waals surface area contributed by atoms with Crippen molar-refractivity contribution in [2.24, 2.45) is 0 Å². The van der Waals surface area contributed by atoms with E-state index in [2.05, 4.69) is 15.4 Å². The number of carbonyl (C=O) groups is 3. The Hall–Kier alpha value is -3.35. The summed E-state index contributed by atoms with van der Waals surface area (Å²) in [7, 11) is 1.22. The highest BCUT2D eigenvalue weighted by atomic mass is 16.5. The molecule has 2 aromatic carbocycles. The fourth-order valence-electron chi connectivity index (χ4n) is 1.99. The first kappa shape index (κ1) is 17.0. The van der Waals surface area contributed by atoms with Crippen LogP contribution < -0.4 is 10.6 Å². The number of hydrogen-bond donors (Lipinski definition) is 3. The van der Waals surface area contributed by atoms with Crippen molar-refractivity contribution in [1.82, 2.24) is 0 Å².